The van der Waals surface area contributed by atoms with Crippen LogP contribution in [0.2, 0.25) is 0 Å². The van der Waals surface area contributed by atoms with Gasteiger partial charge in [-0.3, -0.25) is 0 Å². The van der Waals surface area contributed by atoms with E-state index in [-0.39, 0.29) is 11.1 Å². The number of nitrogens with zero attached hydrogens (tertiary/aromatic N) is 1. The van der Waals surface area contributed by atoms with Gasteiger partial charge in [0.25, 0.3) is 0 Å². The highest BCUT2D eigenvalue weighted by Gasteiger charge is 2.73. The van der Waals surface area contributed by atoms with Gasteiger partial charge in [-0.2, -0.15) is 0 Å². The van der Waals surface area contributed by atoms with Gasteiger partial charge < -0.3 is 23.8 Å². The zero-order chi connectivity index (χ0) is 22.4. The van der Waals surface area contributed by atoms with E-state index in [4.69, 9.17) is 18.9 Å². The van der Waals surface area contributed by atoms with Gasteiger partial charge in [0.15, 0.2) is 0 Å². The Labute approximate surface area is 179 Å². The molecule has 2 bridgehead atoms. The Bertz CT molecular complexity index is 1110. The van der Waals surface area contributed by atoms with Crippen LogP contribution in [0.5, 0.6) is 0 Å². The summed E-state index contributed by atoms with van der Waals surface area (Å²) in [4.78, 5) is 40.9. The van der Waals surface area contributed by atoms with Crippen LogP contribution in [0.4, 0.5) is 5.69 Å². The van der Waals surface area contributed by atoms with Crippen LogP contribution < -0.4 is 4.90 Å². The van der Waals surface area contributed by atoms with E-state index in [0.717, 1.165) is 0 Å². The molecular formula is C23H21NO7. The number of methoxy groups -OCH3 is 3. The van der Waals surface area contributed by atoms with E-state index in [0.29, 0.717) is 16.8 Å². The van der Waals surface area contributed by atoms with Crippen molar-refractivity contribution in [2.24, 2.45) is 0 Å². The summed E-state index contributed by atoms with van der Waals surface area (Å²) in [6.45, 7) is 0. The smallest absolute Gasteiger partial charge is 0.348 e. The summed E-state index contributed by atoms with van der Waals surface area (Å²) in [6, 6.07) is 16.1. The summed E-state index contributed by atoms with van der Waals surface area (Å²) in [6.07, 6.45) is 0. The van der Waals surface area contributed by atoms with E-state index >= 15 is 0 Å². The Kier molecular flexibility index (Phi) is 4.82. The van der Waals surface area contributed by atoms with E-state index in [9.17, 15) is 14.4 Å². The Morgan fingerprint density at radius 1 is 0.774 bits per heavy atom. The lowest BCUT2D eigenvalue weighted by Gasteiger charge is -2.39. The Morgan fingerprint density at radius 2 is 1.32 bits per heavy atom. The van der Waals surface area contributed by atoms with Gasteiger partial charge in [-0.1, -0.05) is 42.5 Å². The average molecular weight is 423 g/mol. The first-order valence-corrected chi connectivity index (χ1v) is 9.49. The van der Waals surface area contributed by atoms with Crippen molar-refractivity contribution in [2.75, 3.05) is 33.3 Å². The topological polar surface area (TPSA) is 91.4 Å². The second-order valence-electron chi connectivity index (χ2n) is 7.09. The average Bonchev–Trinajstić information content (AvgIpc) is 3.32. The largest absolute Gasteiger partial charge is 0.466 e. The van der Waals surface area contributed by atoms with Gasteiger partial charge in [0.2, 0.25) is 11.3 Å². The Morgan fingerprint density at radius 3 is 1.90 bits per heavy atom. The number of hydrogen-bond donors (Lipinski definition) is 0. The molecule has 0 radical (unpaired) electrons. The van der Waals surface area contributed by atoms with Crippen molar-refractivity contribution in [3.63, 3.8) is 0 Å². The predicted octanol–water partition coefficient (Wildman–Crippen LogP) is 2.03. The number of benzene rings is 2. The second-order valence-corrected chi connectivity index (χ2v) is 7.09. The number of hydrogen-bond acceptors (Lipinski definition) is 8. The van der Waals surface area contributed by atoms with Crippen LogP contribution in [-0.4, -0.2) is 46.3 Å². The summed E-state index contributed by atoms with van der Waals surface area (Å²) < 4.78 is 21.5. The summed E-state index contributed by atoms with van der Waals surface area (Å²) in [7, 11) is 5.27. The lowest BCUT2D eigenvalue weighted by molar-refractivity contribution is -0.174. The molecule has 0 saturated carbocycles. The molecule has 2 heterocycles. The first kappa shape index (κ1) is 20.6. The zero-order valence-electron chi connectivity index (χ0n) is 17.5. The van der Waals surface area contributed by atoms with Crippen molar-refractivity contribution in [1.29, 1.82) is 0 Å². The Balaban J connectivity index is 2.14. The van der Waals surface area contributed by atoms with Crippen LogP contribution in [0, 0.1) is 0 Å². The minimum Gasteiger partial charge on any atom is -0.466 e. The maximum atomic E-state index is 13.2. The standard InChI is InChI=1S/C23H21NO7/c1-24(14-10-6-5-7-11-14)23-16-13-9-8-12-15(16)22(31-23,21(27)30-4)17(19(25)28-2)18(23)20(26)29-3/h5-13H,1-4H3. The number of esters is 3. The first-order valence-electron chi connectivity index (χ1n) is 9.49. The van der Waals surface area contributed by atoms with Crippen molar-refractivity contribution in [2.45, 2.75) is 11.3 Å². The molecule has 8 heteroatoms. The lowest BCUT2D eigenvalue weighted by Crippen LogP contribution is -2.47. The molecule has 8 nitrogen and oxygen atoms in total. The number of rotatable bonds is 5. The van der Waals surface area contributed by atoms with Gasteiger partial charge in [-0.05, 0) is 12.1 Å². The summed E-state index contributed by atoms with van der Waals surface area (Å²) >= 11 is 0. The van der Waals surface area contributed by atoms with Gasteiger partial charge >= 0.3 is 17.9 Å². The molecule has 2 aromatic rings. The molecule has 2 aliphatic rings. The van der Waals surface area contributed by atoms with Gasteiger partial charge in [0.05, 0.1) is 21.3 Å². The van der Waals surface area contributed by atoms with Gasteiger partial charge in [0, 0.05) is 23.9 Å². The number of likely N-dealkylation sites (N-methyl/N-ethyl adjacent to an activating group) is 1. The molecule has 2 atom stereocenters. The monoisotopic (exact) mass is 423 g/mol. The van der Waals surface area contributed by atoms with Crippen LogP contribution in [0.1, 0.15) is 11.1 Å². The maximum absolute atomic E-state index is 13.2. The van der Waals surface area contributed by atoms with Crippen molar-refractivity contribution in [1.82, 2.24) is 0 Å². The number of carbonyl (C=O) groups excluding carboxylic acids is 3. The van der Waals surface area contributed by atoms with E-state index in [1.165, 1.54) is 21.3 Å². The fraction of sp³-hybridized carbons (Fsp3) is 0.261. The van der Waals surface area contributed by atoms with Crippen molar-refractivity contribution in [3.8, 4) is 0 Å². The second kappa shape index (κ2) is 7.24. The third kappa shape index (κ3) is 2.48. The van der Waals surface area contributed by atoms with Crippen molar-refractivity contribution < 1.29 is 33.3 Å². The summed E-state index contributed by atoms with van der Waals surface area (Å²) in [5.74, 6) is -2.55. The van der Waals surface area contributed by atoms with Crippen LogP contribution in [0.25, 0.3) is 0 Å². The summed E-state index contributed by atoms with van der Waals surface area (Å²) in [5.41, 5.74) is -2.37. The van der Waals surface area contributed by atoms with Gasteiger partial charge in [0.1, 0.15) is 11.1 Å². The molecule has 31 heavy (non-hydrogen) atoms. The molecule has 2 aromatic carbocycles. The maximum Gasteiger partial charge on any atom is 0.348 e. The van der Waals surface area contributed by atoms with Crippen LogP contribution in [0.3, 0.4) is 0 Å². The molecule has 2 unspecified atom stereocenters. The lowest BCUT2D eigenvalue weighted by atomic mass is 9.74. The predicted molar refractivity (Wildman–Crippen MR) is 109 cm³/mol. The number of ether oxygens (including phenoxy) is 4. The van der Waals surface area contributed by atoms with Gasteiger partial charge in [-0.15, -0.1) is 0 Å². The fourth-order valence-corrected chi connectivity index (χ4v) is 4.47. The normalized spacial score (nSPS) is 23.2. The quantitative estimate of drug-likeness (QED) is 0.533. The molecule has 0 amide bonds. The van der Waals surface area contributed by atoms with Crippen molar-refractivity contribution in [3.05, 3.63) is 76.9 Å². The number of anilines is 1. The molecule has 0 fully saturated rings. The van der Waals surface area contributed by atoms with Crippen LogP contribution in [-0.2, 0) is 44.7 Å². The molecule has 0 aliphatic carbocycles. The highest BCUT2D eigenvalue weighted by Crippen LogP contribution is 2.63. The highest BCUT2D eigenvalue weighted by atomic mass is 16.6. The van der Waals surface area contributed by atoms with Crippen LogP contribution in [0.15, 0.2) is 65.7 Å². The fourth-order valence-electron chi connectivity index (χ4n) is 4.47. The van der Waals surface area contributed by atoms with E-state index in [2.05, 4.69) is 0 Å². The molecular weight excluding hydrogens is 402 g/mol. The number of para-hydroxylation sites is 1. The minimum absolute atomic E-state index is 0.127. The number of fused-ring (bicyclic) bond motifs is 5. The first-order chi connectivity index (χ1) is 14.9. The molecule has 2 aliphatic heterocycles. The van der Waals surface area contributed by atoms with E-state index < -0.39 is 29.2 Å². The molecule has 0 saturated heterocycles. The zero-order valence-corrected chi connectivity index (χ0v) is 17.5. The highest BCUT2D eigenvalue weighted by molar-refractivity contribution is 6.12. The number of carbonyl (C=O) groups is 3. The molecule has 0 spiro atoms. The Hall–Kier alpha value is -3.65. The third-order valence-electron chi connectivity index (χ3n) is 5.78. The molecule has 0 N–H and O–H groups in total. The molecule has 0 aromatic heterocycles. The van der Waals surface area contributed by atoms with Gasteiger partial charge in [-0.25, -0.2) is 14.4 Å². The molecule has 160 valence electrons. The third-order valence-corrected chi connectivity index (χ3v) is 5.78. The summed E-state index contributed by atoms with van der Waals surface area (Å²) in [5, 5.41) is 0. The van der Waals surface area contributed by atoms with E-state index in [1.807, 2.05) is 30.3 Å². The SMILES string of the molecule is COC(=O)C1=C(C(=O)OC)C2(N(C)c3ccccc3)OC1(C(=O)OC)c1ccccc12. The van der Waals surface area contributed by atoms with Crippen LogP contribution >= 0.6 is 0 Å². The molecule has 4 rings (SSSR count). The van der Waals surface area contributed by atoms with Crippen molar-refractivity contribution >= 4 is 23.6 Å². The van der Waals surface area contributed by atoms with E-state index in [1.54, 1.807) is 36.2 Å². The minimum atomic E-state index is -1.98.